The van der Waals surface area contributed by atoms with Crippen LogP contribution in [0.15, 0.2) is 18.2 Å². The van der Waals surface area contributed by atoms with Crippen LogP contribution in [0.5, 0.6) is 0 Å². The SMILES string of the molecule is O=C1CN(c2cc(Cl)ccc2F)CC(=O)O1. The molecule has 0 aromatic heterocycles. The third kappa shape index (κ3) is 2.14. The quantitative estimate of drug-likeness (QED) is 0.552. The van der Waals surface area contributed by atoms with E-state index in [1.165, 1.54) is 23.1 Å². The van der Waals surface area contributed by atoms with Gasteiger partial charge in [0, 0.05) is 5.02 Å². The van der Waals surface area contributed by atoms with Crippen LogP contribution in [0.1, 0.15) is 0 Å². The van der Waals surface area contributed by atoms with Crippen molar-refractivity contribution in [2.24, 2.45) is 0 Å². The van der Waals surface area contributed by atoms with E-state index in [0.717, 1.165) is 0 Å². The molecule has 84 valence electrons. The predicted octanol–water partition coefficient (Wildman–Crippen LogP) is 1.37. The minimum atomic E-state index is -0.698. The summed E-state index contributed by atoms with van der Waals surface area (Å²) >= 11 is 5.71. The Morgan fingerprint density at radius 1 is 1.25 bits per heavy atom. The molecule has 2 rings (SSSR count). The fraction of sp³-hybridized carbons (Fsp3) is 0.200. The van der Waals surface area contributed by atoms with E-state index in [1.807, 2.05) is 0 Å². The van der Waals surface area contributed by atoms with Gasteiger partial charge in [-0.3, -0.25) is 0 Å². The molecule has 0 unspecified atom stereocenters. The zero-order chi connectivity index (χ0) is 11.7. The topological polar surface area (TPSA) is 46.6 Å². The number of hydrogen-bond donors (Lipinski definition) is 0. The molecule has 1 aromatic rings. The summed E-state index contributed by atoms with van der Waals surface area (Å²) in [5, 5.41) is 0.336. The van der Waals surface area contributed by atoms with Gasteiger partial charge in [-0.15, -0.1) is 0 Å². The first-order valence-corrected chi connectivity index (χ1v) is 4.87. The minimum Gasteiger partial charge on any atom is -0.390 e. The lowest BCUT2D eigenvalue weighted by Crippen LogP contribution is -2.43. The van der Waals surface area contributed by atoms with Gasteiger partial charge in [-0.25, -0.2) is 14.0 Å². The van der Waals surface area contributed by atoms with Gasteiger partial charge in [0.25, 0.3) is 0 Å². The number of rotatable bonds is 1. The molecule has 0 bridgehead atoms. The Balaban J connectivity index is 2.32. The van der Waals surface area contributed by atoms with E-state index >= 15 is 0 Å². The van der Waals surface area contributed by atoms with Gasteiger partial charge in [-0.05, 0) is 18.2 Å². The van der Waals surface area contributed by atoms with Crippen molar-refractivity contribution in [1.29, 1.82) is 0 Å². The Bertz CT molecular complexity index is 447. The van der Waals surface area contributed by atoms with E-state index in [0.29, 0.717) is 5.02 Å². The first-order chi connectivity index (χ1) is 7.56. The second kappa shape index (κ2) is 4.09. The fourth-order valence-electron chi connectivity index (χ4n) is 1.46. The van der Waals surface area contributed by atoms with Crippen LogP contribution in [0.25, 0.3) is 0 Å². The lowest BCUT2D eigenvalue weighted by molar-refractivity contribution is -0.160. The third-order valence-electron chi connectivity index (χ3n) is 2.12. The molecule has 0 amide bonds. The molecular weight excluding hydrogens is 237 g/mol. The fourth-order valence-corrected chi connectivity index (χ4v) is 1.62. The monoisotopic (exact) mass is 243 g/mol. The van der Waals surface area contributed by atoms with E-state index in [2.05, 4.69) is 4.74 Å². The van der Waals surface area contributed by atoms with Crippen LogP contribution in [0.4, 0.5) is 10.1 Å². The number of benzene rings is 1. The van der Waals surface area contributed by atoms with Gasteiger partial charge < -0.3 is 9.64 Å². The highest BCUT2D eigenvalue weighted by Crippen LogP contribution is 2.24. The lowest BCUT2D eigenvalue weighted by Gasteiger charge is -2.26. The number of esters is 2. The van der Waals surface area contributed by atoms with Gasteiger partial charge >= 0.3 is 11.9 Å². The highest BCUT2D eigenvalue weighted by Gasteiger charge is 2.26. The molecule has 1 aliphatic rings. The molecule has 0 aliphatic carbocycles. The van der Waals surface area contributed by atoms with Crippen molar-refractivity contribution < 1.29 is 18.7 Å². The Labute approximate surface area is 95.6 Å². The molecule has 16 heavy (non-hydrogen) atoms. The van der Waals surface area contributed by atoms with Gasteiger partial charge in [0.05, 0.1) is 5.69 Å². The van der Waals surface area contributed by atoms with Gasteiger partial charge in [0.2, 0.25) is 0 Å². The molecule has 6 heteroatoms. The van der Waals surface area contributed by atoms with E-state index in [4.69, 9.17) is 11.6 Å². The summed E-state index contributed by atoms with van der Waals surface area (Å²) in [5.41, 5.74) is 0.123. The van der Waals surface area contributed by atoms with E-state index in [9.17, 15) is 14.0 Å². The number of carbonyl (C=O) groups excluding carboxylic acids is 2. The maximum Gasteiger partial charge on any atom is 0.333 e. The maximum absolute atomic E-state index is 13.4. The van der Waals surface area contributed by atoms with Gasteiger partial charge in [0.1, 0.15) is 18.9 Å². The summed E-state index contributed by atoms with van der Waals surface area (Å²) in [4.78, 5) is 23.3. The number of cyclic esters (lactones) is 2. The molecule has 1 fully saturated rings. The zero-order valence-electron chi connectivity index (χ0n) is 8.07. The van der Waals surface area contributed by atoms with E-state index < -0.39 is 17.8 Å². The first kappa shape index (κ1) is 10.9. The van der Waals surface area contributed by atoms with Crippen LogP contribution in [0.2, 0.25) is 5.02 Å². The molecule has 1 heterocycles. The third-order valence-corrected chi connectivity index (χ3v) is 2.35. The summed E-state index contributed by atoms with van der Waals surface area (Å²) in [6, 6.07) is 3.94. The van der Waals surface area contributed by atoms with Crippen molar-refractivity contribution in [3.8, 4) is 0 Å². The predicted molar refractivity (Wildman–Crippen MR) is 54.7 cm³/mol. The van der Waals surface area contributed by atoms with Crippen LogP contribution < -0.4 is 4.90 Å². The number of anilines is 1. The van der Waals surface area contributed by atoms with E-state index in [1.54, 1.807) is 0 Å². The number of carbonyl (C=O) groups is 2. The van der Waals surface area contributed by atoms with Crippen molar-refractivity contribution in [3.63, 3.8) is 0 Å². The summed E-state index contributed by atoms with van der Waals surface area (Å²) in [6.45, 7) is -0.327. The minimum absolute atomic E-state index is 0.123. The van der Waals surface area contributed by atoms with Gasteiger partial charge in [-0.1, -0.05) is 11.6 Å². The maximum atomic E-state index is 13.4. The Morgan fingerprint density at radius 3 is 2.50 bits per heavy atom. The lowest BCUT2D eigenvalue weighted by atomic mass is 10.2. The number of hydrogen-bond acceptors (Lipinski definition) is 4. The van der Waals surface area contributed by atoms with Crippen LogP contribution in [-0.2, 0) is 14.3 Å². The summed E-state index contributed by atoms with van der Waals surface area (Å²) in [5.74, 6) is -1.93. The highest BCUT2D eigenvalue weighted by atomic mass is 35.5. The first-order valence-electron chi connectivity index (χ1n) is 4.50. The smallest absolute Gasteiger partial charge is 0.333 e. The molecular formula is C10H7ClFNO3. The zero-order valence-corrected chi connectivity index (χ0v) is 8.83. The number of morpholine rings is 1. The highest BCUT2D eigenvalue weighted by molar-refractivity contribution is 6.30. The molecule has 0 spiro atoms. The summed E-state index contributed by atoms with van der Waals surface area (Å²) in [7, 11) is 0. The van der Waals surface area contributed by atoms with Gasteiger partial charge in [0.15, 0.2) is 0 Å². The summed E-state index contributed by atoms with van der Waals surface area (Å²) in [6.07, 6.45) is 0. The van der Waals surface area contributed by atoms with Crippen molar-refractivity contribution in [2.45, 2.75) is 0 Å². The second-order valence-electron chi connectivity index (χ2n) is 3.30. The number of nitrogens with zero attached hydrogens (tertiary/aromatic N) is 1. The Kier molecular flexibility index (Phi) is 2.78. The van der Waals surface area contributed by atoms with Crippen molar-refractivity contribution in [1.82, 2.24) is 0 Å². The Hall–Kier alpha value is -1.62. The normalized spacial score (nSPS) is 16.2. The molecule has 1 saturated heterocycles. The van der Waals surface area contributed by atoms with Gasteiger partial charge in [-0.2, -0.15) is 0 Å². The molecule has 4 nitrogen and oxygen atoms in total. The summed E-state index contributed by atoms with van der Waals surface area (Å²) < 4.78 is 17.8. The van der Waals surface area contributed by atoms with Crippen LogP contribution >= 0.6 is 11.6 Å². The number of halogens is 2. The largest absolute Gasteiger partial charge is 0.390 e. The molecule has 0 radical (unpaired) electrons. The van der Waals surface area contributed by atoms with Crippen molar-refractivity contribution in [2.75, 3.05) is 18.0 Å². The van der Waals surface area contributed by atoms with E-state index in [-0.39, 0.29) is 18.8 Å². The average molecular weight is 244 g/mol. The van der Waals surface area contributed by atoms with Crippen LogP contribution in [0, 0.1) is 5.82 Å². The Morgan fingerprint density at radius 2 is 1.88 bits per heavy atom. The number of ether oxygens (including phenoxy) is 1. The molecule has 0 saturated carbocycles. The molecule has 1 aromatic carbocycles. The van der Waals surface area contributed by atoms with Crippen LogP contribution in [-0.4, -0.2) is 25.0 Å². The molecule has 0 N–H and O–H groups in total. The molecule has 0 atom stereocenters. The molecule has 1 aliphatic heterocycles. The standard InChI is InChI=1S/C10H7ClFNO3/c11-6-1-2-7(12)8(3-6)13-4-9(14)16-10(15)5-13/h1-3H,4-5H2. The second-order valence-corrected chi connectivity index (χ2v) is 3.73. The average Bonchev–Trinajstić information content (AvgIpc) is 2.20. The van der Waals surface area contributed by atoms with Crippen molar-refractivity contribution >= 4 is 29.2 Å². The van der Waals surface area contributed by atoms with Crippen molar-refractivity contribution in [3.05, 3.63) is 29.0 Å². The van der Waals surface area contributed by atoms with Crippen LogP contribution in [0.3, 0.4) is 0 Å².